The van der Waals surface area contributed by atoms with Crippen LogP contribution in [-0.4, -0.2) is 66.4 Å². The first-order valence-corrected chi connectivity index (χ1v) is 6.61. The molecule has 120 valence electrons. The Bertz CT molecular complexity index is 703. The van der Waals surface area contributed by atoms with E-state index in [1.165, 1.54) is 24.9 Å². The number of nitrogens with zero attached hydrogens (tertiary/aromatic N) is 4. The molecule has 0 amide bonds. The van der Waals surface area contributed by atoms with Crippen molar-refractivity contribution in [2.45, 2.75) is 31.0 Å². The van der Waals surface area contributed by atoms with E-state index in [1.807, 2.05) is 0 Å². The molecule has 2 aromatic rings. The van der Waals surface area contributed by atoms with Crippen molar-refractivity contribution in [2.24, 2.45) is 0 Å². The molecule has 1 aliphatic heterocycles. The van der Waals surface area contributed by atoms with Crippen LogP contribution in [0.4, 0.5) is 5.95 Å². The Kier molecular flexibility index (Phi) is 3.40. The van der Waals surface area contributed by atoms with Crippen LogP contribution in [0, 0.1) is 0 Å². The van der Waals surface area contributed by atoms with Gasteiger partial charge >= 0.3 is 0 Å². The maximum atomic E-state index is 10.5. The van der Waals surface area contributed by atoms with Gasteiger partial charge in [-0.05, 0) is 6.92 Å². The SMILES string of the molecule is COc1nc(N)nc2c1ncn2C1OC(CO)[C@@H](O)[C@@]1(C)O. The number of nitrogens with two attached hydrogens (primary N) is 1. The Morgan fingerprint density at radius 2 is 2.23 bits per heavy atom. The number of anilines is 1. The number of fused-ring (bicyclic) bond motifs is 1. The highest BCUT2D eigenvalue weighted by atomic mass is 16.6. The van der Waals surface area contributed by atoms with Crippen LogP contribution in [0.2, 0.25) is 0 Å². The highest BCUT2D eigenvalue weighted by Crippen LogP contribution is 2.39. The zero-order chi connectivity index (χ0) is 16.1. The average molecular weight is 311 g/mol. The molecule has 1 fully saturated rings. The van der Waals surface area contributed by atoms with Gasteiger partial charge in [-0.15, -0.1) is 0 Å². The summed E-state index contributed by atoms with van der Waals surface area (Å²) in [5, 5.41) is 29.8. The highest BCUT2D eigenvalue weighted by Gasteiger charge is 2.53. The Hall–Kier alpha value is -2.01. The van der Waals surface area contributed by atoms with E-state index in [0.717, 1.165) is 0 Å². The number of rotatable bonds is 3. The Labute approximate surface area is 125 Å². The van der Waals surface area contributed by atoms with Crippen molar-refractivity contribution in [3.05, 3.63) is 6.33 Å². The normalized spacial score (nSPS) is 31.8. The number of nitrogen functional groups attached to an aromatic ring is 1. The third kappa shape index (κ3) is 2.00. The van der Waals surface area contributed by atoms with Crippen LogP contribution in [-0.2, 0) is 4.74 Å². The lowest BCUT2D eigenvalue weighted by molar-refractivity contribution is -0.0950. The molecule has 2 unspecified atom stereocenters. The number of ether oxygens (including phenoxy) is 2. The summed E-state index contributed by atoms with van der Waals surface area (Å²) in [5.74, 6) is 0.168. The Balaban J connectivity index is 2.13. The fourth-order valence-electron chi connectivity index (χ4n) is 2.61. The zero-order valence-electron chi connectivity index (χ0n) is 12.0. The molecule has 5 N–H and O–H groups in total. The van der Waals surface area contributed by atoms with E-state index in [4.69, 9.17) is 15.2 Å². The van der Waals surface area contributed by atoms with Gasteiger partial charge in [-0.3, -0.25) is 4.57 Å². The van der Waals surface area contributed by atoms with E-state index in [0.29, 0.717) is 11.2 Å². The van der Waals surface area contributed by atoms with Crippen molar-refractivity contribution in [3.8, 4) is 5.88 Å². The van der Waals surface area contributed by atoms with Crippen molar-refractivity contribution in [2.75, 3.05) is 19.5 Å². The molecule has 0 aromatic carbocycles. The first-order chi connectivity index (χ1) is 10.4. The number of methoxy groups -OCH3 is 1. The molecule has 4 atom stereocenters. The molecule has 0 radical (unpaired) electrons. The lowest BCUT2D eigenvalue weighted by atomic mass is 9.96. The third-order valence-corrected chi connectivity index (χ3v) is 3.79. The molecular weight excluding hydrogens is 294 g/mol. The van der Waals surface area contributed by atoms with Crippen LogP contribution in [0.5, 0.6) is 5.88 Å². The first-order valence-electron chi connectivity index (χ1n) is 6.61. The maximum absolute atomic E-state index is 10.5. The van der Waals surface area contributed by atoms with Gasteiger partial charge in [0.15, 0.2) is 17.4 Å². The van der Waals surface area contributed by atoms with E-state index in [1.54, 1.807) is 0 Å². The quantitative estimate of drug-likeness (QED) is 0.526. The Morgan fingerprint density at radius 3 is 2.82 bits per heavy atom. The number of aliphatic hydroxyl groups is 3. The molecular formula is C12H17N5O5. The fourth-order valence-corrected chi connectivity index (χ4v) is 2.61. The van der Waals surface area contributed by atoms with E-state index in [2.05, 4.69) is 15.0 Å². The minimum Gasteiger partial charge on any atom is -0.479 e. The largest absolute Gasteiger partial charge is 0.479 e. The minimum absolute atomic E-state index is 0.0250. The average Bonchev–Trinajstić information content (AvgIpc) is 2.98. The summed E-state index contributed by atoms with van der Waals surface area (Å²) in [7, 11) is 1.42. The molecule has 22 heavy (non-hydrogen) atoms. The number of aliphatic hydroxyl groups excluding tert-OH is 2. The summed E-state index contributed by atoms with van der Waals surface area (Å²) in [6, 6.07) is 0. The number of hydrogen-bond donors (Lipinski definition) is 4. The highest BCUT2D eigenvalue weighted by molar-refractivity contribution is 5.77. The summed E-state index contributed by atoms with van der Waals surface area (Å²) >= 11 is 0. The lowest BCUT2D eigenvalue weighted by Gasteiger charge is -2.27. The summed E-state index contributed by atoms with van der Waals surface area (Å²) < 4.78 is 12.1. The van der Waals surface area contributed by atoms with Crippen LogP contribution in [0.15, 0.2) is 6.33 Å². The molecule has 0 spiro atoms. The van der Waals surface area contributed by atoms with Crippen LogP contribution < -0.4 is 10.5 Å². The molecule has 10 heteroatoms. The second-order valence-electron chi connectivity index (χ2n) is 5.30. The molecule has 0 aliphatic carbocycles. The number of imidazole rings is 1. The van der Waals surface area contributed by atoms with E-state index < -0.39 is 30.6 Å². The van der Waals surface area contributed by atoms with Gasteiger partial charge in [-0.25, -0.2) is 4.98 Å². The maximum Gasteiger partial charge on any atom is 0.246 e. The third-order valence-electron chi connectivity index (χ3n) is 3.79. The number of hydrogen-bond acceptors (Lipinski definition) is 9. The van der Waals surface area contributed by atoms with E-state index in [-0.39, 0.29) is 11.8 Å². The second kappa shape index (κ2) is 5.02. The van der Waals surface area contributed by atoms with Crippen molar-refractivity contribution in [1.29, 1.82) is 0 Å². The monoisotopic (exact) mass is 311 g/mol. The molecule has 3 heterocycles. The Morgan fingerprint density at radius 1 is 1.50 bits per heavy atom. The smallest absolute Gasteiger partial charge is 0.246 e. The van der Waals surface area contributed by atoms with E-state index in [9.17, 15) is 15.3 Å². The minimum atomic E-state index is -1.64. The number of aromatic nitrogens is 4. The lowest BCUT2D eigenvalue weighted by Crippen LogP contribution is -2.44. The molecule has 0 bridgehead atoms. The van der Waals surface area contributed by atoms with Crippen molar-refractivity contribution >= 4 is 17.1 Å². The van der Waals surface area contributed by atoms with Gasteiger partial charge in [-0.2, -0.15) is 9.97 Å². The van der Waals surface area contributed by atoms with Gasteiger partial charge in [0.1, 0.15) is 17.8 Å². The molecule has 1 aliphatic rings. The van der Waals surface area contributed by atoms with Crippen molar-refractivity contribution in [1.82, 2.24) is 19.5 Å². The van der Waals surface area contributed by atoms with Gasteiger partial charge in [0, 0.05) is 0 Å². The summed E-state index contributed by atoms with van der Waals surface area (Å²) in [4.78, 5) is 12.1. The first kappa shape index (κ1) is 14.9. The summed E-state index contributed by atoms with van der Waals surface area (Å²) in [6.45, 7) is 0.979. The zero-order valence-corrected chi connectivity index (χ0v) is 12.0. The van der Waals surface area contributed by atoms with Gasteiger partial charge in [0.25, 0.3) is 0 Å². The van der Waals surface area contributed by atoms with Gasteiger partial charge < -0.3 is 30.5 Å². The summed E-state index contributed by atoms with van der Waals surface area (Å²) in [6.07, 6.45) is -1.80. The predicted octanol–water partition coefficient (Wildman–Crippen LogP) is -1.58. The predicted molar refractivity (Wildman–Crippen MR) is 73.9 cm³/mol. The van der Waals surface area contributed by atoms with Crippen LogP contribution in [0.1, 0.15) is 13.2 Å². The summed E-state index contributed by atoms with van der Waals surface area (Å²) in [5.41, 5.74) is 4.63. The molecule has 10 nitrogen and oxygen atoms in total. The molecule has 0 saturated carbocycles. The van der Waals surface area contributed by atoms with Gasteiger partial charge in [0.2, 0.25) is 11.8 Å². The fraction of sp³-hybridized carbons (Fsp3) is 0.583. The van der Waals surface area contributed by atoms with E-state index >= 15 is 0 Å². The van der Waals surface area contributed by atoms with Gasteiger partial charge in [0.05, 0.1) is 20.0 Å². The second-order valence-corrected chi connectivity index (χ2v) is 5.30. The van der Waals surface area contributed by atoms with Gasteiger partial charge in [-0.1, -0.05) is 0 Å². The topological polar surface area (TPSA) is 149 Å². The van der Waals surface area contributed by atoms with Crippen LogP contribution >= 0.6 is 0 Å². The molecule has 2 aromatic heterocycles. The van der Waals surface area contributed by atoms with Crippen LogP contribution in [0.25, 0.3) is 11.2 Å². The standard InChI is InChI=1S/C12H17N5O5/c1-12(20)7(19)5(3-18)22-10(12)17-4-14-6-8(17)15-11(13)16-9(6)21-2/h4-5,7,10,18-20H,3H2,1-2H3,(H2,13,15,16)/t5?,7-,10?,12-/m1/s1. The molecule has 3 rings (SSSR count). The molecule has 1 saturated heterocycles. The van der Waals surface area contributed by atoms with Crippen molar-refractivity contribution < 1.29 is 24.8 Å². The van der Waals surface area contributed by atoms with Crippen LogP contribution in [0.3, 0.4) is 0 Å². The van der Waals surface area contributed by atoms with Crippen molar-refractivity contribution in [3.63, 3.8) is 0 Å².